The summed E-state index contributed by atoms with van der Waals surface area (Å²) in [5.74, 6) is -0.109. The molecule has 25 heavy (non-hydrogen) atoms. The molecule has 1 aromatic heterocycles. The van der Waals surface area contributed by atoms with Gasteiger partial charge in [-0.05, 0) is 55.0 Å². The van der Waals surface area contributed by atoms with Gasteiger partial charge in [-0.15, -0.1) is 0 Å². The molecular weight excluding hydrogens is 316 g/mol. The summed E-state index contributed by atoms with van der Waals surface area (Å²) in [6, 6.07) is 9.33. The van der Waals surface area contributed by atoms with Crippen molar-refractivity contribution in [3.8, 4) is 0 Å². The topological polar surface area (TPSA) is 70.5 Å². The Morgan fingerprint density at radius 2 is 1.96 bits per heavy atom. The molecule has 1 spiro atoms. The number of amides is 1. The van der Waals surface area contributed by atoms with E-state index in [1.807, 2.05) is 29.2 Å². The van der Waals surface area contributed by atoms with Crippen molar-refractivity contribution in [1.82, 2.24) is 4.98 Å². The number of pyridine rings is 1. The number of carbonyl (C=O) groups excluding carboxylic acids is 2. The molecule has 0 radical (unpaired) electrons. The van der Waals surface area contributed by atoms with Crippen LogP contribution in [0.25, 0.3) is 0 Å². The highest BCUT2D eigenvalue weighted by atomic mass is 16.3. The van der Waals surface area contributed by atoms with E-state index in [9.17, 15) is 9.59 Å². The predicted octanol–water partition coefficient (Wildman–Crippen LogP) is 2.17. The highest BCUT2D eigenvalue weighted by molar-refractivity contribution is 6.00. The molecule has 1 N–H and O–H groups in total. The minimum absolute atomic E-state index is 0.170. The van der Waals surface area contributed by atoms with Crippen LogP contribution in [0, 0.1) is 5.41 Å². The van der Waals surface area contributed by atoms with Crippen molar-refractivity contribution < 1.29 is 14.7 Å². The zero-order valence-electron chi connectivity index (χ0n) is 13.9. The van der Waals surface area contributed by atoms with Gasteiger partial charge in [-0.1, -0.05) is 12.1 Å². The summed E-state index contributed by atoms with van der Waals surface area (Å²) in [5, 5.41) is 9.08. The molecule has 2 aromatic rings. The molecule has 1 aliphatic carbocycles. The van der Waals surface area contributed by atoms with Crippen molar-refractivity contribution in [2.45, 2.75) is 25.7 Å². The standard InChI is InChI=1S/C20H20N2O3/c23-13-18(24)15-2-1-14-3-6-20(12-16(14)11-15)7-10-22(19(20)25)17-4-8-21-9-5-17/h1-2,4-5,8-9,11,23H,3,6-7,10,12-13H2. The van der Waals surface area contributed by atoms with Gasteiger partial charge in [0.05, 0.1) is 5.41 Å². The second-order valence-corrected chi connectivity index (χ2v) is 6.93. The van der Waals surface area contributed by atoms with E-state index in [2.05, 4.69) is 4.98 Å². The van der Waals surface area contributed by atoms with Gasteiger partial charge in [0.1, 0.15) is 6.61 Å². The molecule has 0 saturated carbocycles. The van der Waals surface area contributed by atoms with Crippen molar-refractivity contribution in [3.05, 3.63) is 59.4 Å². The fraction of sp³-hybridized carbons (Fsp3) is 0.350. The van der Waals surface area contributed by atoms with Crippen molar-refractivity contribution in [2.75, 3.05) is 18.1 Å². The lowest BCUT2D eigenvalue weighted by Crippen LogP contribution is -2.38. The predicted molar refractivity (Wildman–Crippen MR) is 93.5 cm³/mol. The third-order valence-corrected chi connectivity index (χ3v) is 5.56. The Kier molecular flexibility index (Phi) is 3.88. The zero-order valence-corrected chi connectivity index (χ0v) is 13.9. The van der Waals surface area contributed by atoms with Gasteiger partial charge in [0.2, 0.25) is 5.91 Å². The van der Waals surface area contributed by atoms with E-state index in [1.165, 1.54) is 5.56 Å². The van der Waals surface area contributed by atoms with E-state index < -0.39 is 6.61 Å². The molecular formula is C20H20N2O3. The van der Waals surface area contributed by atoms with E-state index in [-0.39, 0.29) is 17.1 Å². The number of nitrogens with zero attached hydrogens (tertiary/aromatic N) is 2. The van der Waals surface area contributed by atoms with E-state index in [4.69, 9.17) is 5.11 Å². The number of anilines is 1. The first kappa shape index (κ1) is 16.0. The Balaban J connectivity index is 1.63. The fourth-order valence-corrected chi connectivity index (χ4v) is 4.11. The van der Waals surface area contributed by atoms with E-state index in [1.54, 1.807) is 18.5 Å². The minimum Gasteiger partial charge on any atom is -0.388 e. The molecule has 2 aliphatic rings. The number of aromatic nitrogens is 1. The summed E-state index contributed by atoms with van der Waals surface area (Å²) in [6.07, 6.45) is 6.58. The maximum absolute atomic E-state index is 13.2. The molecule has 128 valence electrons. The molecule has 1 amide bonds. The molecule has 1 saturated heterocycles. The summed E-state index contributed by atoms with van der Waals surface area (Å²) in [6.45, 7) is 0.228. The minimum atomic E-state index is -0.487. The number of fused-ring (bicyclic) bond motifs is 1. The van der Waals surface area contributed by atoms with E-state index in [0.29, 0.717) is 18.5 Å². The second kappa shape index (κ2) is 6.08. The summed E-state index contributed by atoms with van der Waals surface area (Å²) in [5.41, 5.74) is 3.31. The first-order valence-corrected chi connectivity index (χ1v) is 8.61. The molecule has 4 rings (SSSR count). The summed E-state index contributed by atoms with van der Waals surface area (Å²) >= 11 is 0. The van der Waals surface area contributed by atoms with Gasteiger partial charge in [0, 0.05) is 30.2 Å². The lowest BCUT2D eigenvalue weighted by Gasteiger charge is -2.33. The van der Waals surface area contributed by atoms with Gasteiger partial charge in [-0.3, -0.25) is 14.6 Å². The first-order chi connectivity index (χ1) is 12.1. The van der Waals surface area contributed by atoms with E-state index in [0.717, 1.165) is 30.5 Å². The molecule has 5 nitrogen and oxygen atoms in total. The number of aliphatic hydroxyl groups is 1. The van der Waals surface area contributed by atoms with Gasteiger partial charge < -0.3 is 10.0 Å². The third-order valence-electron chi connectivity index (χ3n) is 5.56. The normalized spacial score (nSPS) is 22.3. The molecule has 1 aromatic carbocycles. The lowest BCUT2D eigenvalue weighted by atomic mass is 9.70. The number of aliphatic hydroxyl groups excluding tert-OH is 1. The molecule has 0 bridgehead atoms. The molecule has 1 unspecified atom stereocenters. The second-order valence-electron chi connectivity index (χ2n) is 6.93. The fourth-order valence-electron chi connectivity index (χ4n) is 4.11. The summed E-state index contributed by atoms with van der Waals surface area (Å²) in [4.78, 5) is 30.8. The van der Waals surface area contributed by atoms with Gasteiger partial charge >= 0.3 is 0 Å². The average Bonchev–Trinajstić information content (AvgIpc) is 2.97. The Labute approximate surface area is 146 Å². The van der Waals surface area contributed by atoms with Crippen molar-refractivity contribution in [2.24, 2.45) is 5.41 Å². The Bertz CT molecular complexity index is 834. The SMILES string of the molecule is O=C(CO)c1ccc2c(c1)CC1(CC2)CCN(c2ccncc2)C1=O. The van der Waals surface area contributed by atoms with Crippen LogP contribution in [0.1, 0.15) is 34.3 Å². The van der Waals surface area contributed by atoms with Crippen LogP contribution in [0.4, 0.5) is 5.69 Å². The first-order valence-electron chi connectivity index (χ1n) is 8.61. The van der Waals surface area contributed by atoms with Crippen LogP contribution >= 0.6 is 0 Å². The number of aryl methyl sites for hydroxylation is 1. The monoisotopic (exact) mass is 336 g/mol. The molecule has 1 atom stereocenters. The maximum Gasteiger partial charge on any atom is 0.233 e. The number of benzene rings is 1. The highest BCUT2D eigenvalue weighted by Crippen LogP contribution is 2.45. The lowest BCUT2D eigenvalue weighted by molar-refractivity contribution is -0.126. The number of hydrogen-bond acceptors (Lipinski definition) is 4. The quantitative estimate of drug-likeness (QED) is 0.872. The van der Waals surface area contributed by atoms with Crippen LogP contribution in [-0.2, 0) is 17.6 Å². The number of carbonyl (C=O) groups is 2. The molecule has 1 fully saturated rings. The maximum atomic E-state index is 13.2. The zero-order chi connectivity index (χ0) is 17.4. The number of rotatable bonds is 3. The Hall–Kier alpha value is -2.53. The van der Waals surface area contributed by atoms with Crippen LogP contribution in [-0.4, -0.2) is 34.9 Å². The van der Waals surface area contributed by atoms with Crippen LogP contribution < -0.4 is 4.90 Å². The van der Waals surface area contributed by atoms with Crippen LogP contribution in [0.15, 0.2) is 42.7 Å². The number of ketones is 1. The van der Waals surface area contributed by atoms with E-state index >= 15 is 0 Å². The van der Waals surface area contributed by atoms with Crippen LogP contribution in [0.3, 0.4) is 0 Å². The van der Waals surface area contributed by atoms with Crippen molar-refractivity contribution in [1.29, 1.82) is 0 Å². The van der Waals surface area contributed by atoms with Gasteiger partial charge in [0.25, 0.3) is 0 Å². The highest BCUT2D eigenvalue weighted by Gasteiger charge is 2.48. The number of Topliss-reactive ketones (excluding diaryl/α,β-unsaturated/α-hetero) is 1. The third kappa shape index (κ3) is 2.65. The largest absolute Gasteiger partial charge is 0.388 e. The smallest absolute Gasteiger partial charge is 0.233 e. The van der Waals surface area contributed by atoms with Gasteiger partial charge in [0.15, 0.2) is 5.78 Å². The van der Waals surface area contributed by atoms with Crippen LogP contribution in [0.2, 0.25) is 0 Å². The average molecular weight is 336 g/mol. The number of hydrogen-bond donors (Lipinski definition) is 1. The van der Waals surface area contributed by atoms with Crippen LogP contribution in [0.5, 0.6) is 0 Å². The molecule has 5 heteroatoms. The summed E-state index contributed by atoms with van der Waals surface area (Å²) in [7, 11) is 0. The Morgan fingerprint density at radius 3 is 2.72 bits per heavy atom. The molecule has 1 aliphatic heterocycles. The van der Waals surface area contributed by atoms with Crippen molar-refractivity contribution >= 4 is 17.4 Å². The van der Waals surface area contributed by atoms with Gasteiger partial charge in [-0.2, -0.15) is 0 Å². The Morgan fingerprint density at radius 1 is 1.16 bits per heavy atom. The van der Waals surface area contributed by atoms with Crippen molar-refractivity contribution in [3.63, 3.8) is 0 Å². The summed E-state index contributed by atoms with van der Waals surface area (Å²) < 4.78 is 0. The molecule has 2 heterocycles. The van der Waals surface area contributed by atoms with Gasteiger partial charge in [-0.25, -0.2) is 0 Å².